The van der Waals surface area contributed by atoms with Crippen molar-refractivity contribution in [2.24, 2.45) is 10.8 Å². The Bertz CT molecular complexity index is 2060. The van der Waals surface area contributed by atoms with E-state index in [-0.39, 0.29) is 50.5 Å². The Hall–Kier alpha value is -2.22. The van der Waals surface area contributed by atoms with E-state index in [1.807, 2.05) is 0 Å². The van der Waals surface area contributed by atoms with E-state index >= 15 is 0 Å². The summed E-state index contributed by atoms with van der Waals surface area (Å²) in [7, 11) is 0. The second-order valence-corrected chi connectivity index (χ2v) is 19.5. The molecule has 6 aromatic carbocycles. The minimum atomic E-state index is 0. The molecule has 0 spiro atoms. The van der Waals surface area contributed by atoms with Crippen molar-refractivity contribution in [3.05, 3.63) is 146 Å². The standard InChI is InChI=1S/2C27H33.2CH3.2ClH.Si.Zr/c2*1-5-14-27(15-9-16-27)19-20-17-21-10-8-12-22(24(21)18-20)23-11-6-7-13-25(23)26(2,3)4;;;;;;/h2*6-8,10-13,17-18H,5,9,14-16,19H2,1-4H3;2*1H3;2*1H;;/q4*-1;;;;. The fraction of sp³-hybridized carbons (Fsp3) is 0.429. The van der Waals surface area contributed by atoms with E-state index in [2.05, 4.69) is 171 Å². The molecule has 2 aliphatic carbocycles. The van der Waals surface area contributed by atoms with Crippen LogP contribution in [0, 0.1) is 25.7 Å². The van der Waals surface area contributed by atoms with Gasteiger partial charge in [0.25, 0.3) is 0 Å². The van der Waals surface area contributed by atoms with E-state index in [0.717, 1.165) is 0 Å². The van der Waals surface area contributed by atoms with Gasteiger partial charge in [0.1, 0.15) is 0 Å². The van der Waals surface area contributed by atoms with Gasteiger partial charge in [-0.05, 0) is 95.3 Å². The van der Waals surface area contributed by atoms with E-state index in [9.17, 15) is 0 Å². The average molecular weight is 937 g/mol. The number of benzene rings is 4. The van der Waals surface area contributed by atoms with Crippen LogP contribution in [0.2, 0.25) is 0 Å². The van der Waals surface area contributed by atoms with Crippen LogP contribution in [-0.4, -0.2) is 6.88 Å². The summed E-state index contributed by atoms with van der Waals surface area (Å²) >= 11 is 1.36. The van der Waals surface area contributed by atoms with Gasteiger partial charge < -0.3 is 14.9 Å². The summed E-state index contributed by atoms with van der Waals surface area (Å²) in [5.74, 6) is 0. The van der Waals surface area contributed by atoms with Gasteiger partial charge in [-0.3, -0.25) is 0 Å². The van der Waals surface area contributed by atoms with Crippen molar-refractivity contribution in [1.82, 2.24) is 0 Å². The minimum absolute atomic E-state index is 0. The molecule has 0 heterocycles. The molecule has 0 aliphatic heterocycles. The van der Waals surface area contributed by atoms with Gasteiger partial charge in [-0.2, -0.15) is 12.1 Å². The van der Waals surface area contributed by atoms with Gasteiger partial charge >= 0.3 is 30.2 Å². The molecule has 0 atom stereocenters. The van der Waals surface area contributed by atoms with E-state index in [0.29, 0.717) is 10.8 Å². The van der Waals surface area contributed by atoms with Gasteiger partial charge in [0.15, 0.2) is 0 Å². The van der Waals surface area contributed by atoms with Crippen LogP contribution in [0.5, 0.6) is 0 Å². The number of rotatable bonds is 10. The third-order valence-electron chi connectivity index (χ3n) is 13.2. The predicted molar refractivity (Wildman–Crippen MR) is 270 cm³/mol. The predicted octanol–water partition coefficient (Wildman–Crippen LogP) is 17.4. The second-order valence-electron chi connectivity index (χ2n) is 19.5. The van der Waals surface area contributed by atoms with E-state index in [4.69, 9.17) is 0 Å². The number of halogens is 2. The summed E-state index contributed by atoms with van der Waals surface area (Å²) in [4.78, 5) is 0. The fourth-order valence-electron chi connectivity index (χ4n) is 10.3. The van der Waals surface area contributed by atoms with Crippen LogP contribution in [0.3, 0.4) is 0 Å². The van der Waals surface area contributed by atoms with E-state index in [1.54, 1.807) is 11.1 Å². The number of hydrogen-bond acceptors (Lipinski definition) is 0. The molecule has 0 aromatic heterocycles. The van der Waals surface area contributed by atoms with Gasteiger partial charge in [0.05, 0.1) is 0 Å². The van der Waals surface area contributed by atoms with Crippen molar-refractivity contribution in [1.29, 1.82) is 0 Å². The molecule has 2 aliphatic rings. The van der Waals surface area contributed by atoms with Crippen molar-refractivity contribution in [3.63, 3.8) is 0 Å². The van der Waals surface area contributed by atoms with Gasteiger partial charge in [-0.15, -0.1) is 93.9 Å². The SMILES string of the molecule is CCCC1(Cc2cc3c(-c4ccccc4C(C)(C)C)cccc3[cH-]2)CCC1.CCCC1(Cc2cc3c(-c4ccccc4C(C)(C)C)cccc3[cH-]2)CCC1.Cl.Cl.[CH3-].[CH3-].[Si]=[Zr]. The fourth-order valence-corrected chi connectivity index (χ4v) is 10.3. The average Bonchev–Trinajstić information content (AvgIpc) is 3.77. The Morgan fingerprint density at radius 1 is 0.517 bits per heavy atom. The van der Waals surface area contributed by atoms with Crippen LogP contribution in [-0.2, 0) is 47.0 Å². The first-order chi connectivity index (χ1) is 26.8. The molecular weight excluding hydrogens is 863 g/mol. The molecule has 0 saturated heterocycles. The summed E-state index contributed by atoms with van der Waals surface area (Å²) in [5, 5.41) is 5.65. The van der Waals surface area contributed by atoms with Crippen LogP contribution in [0.15, 0.2) is 109 Å². The Kier molecular flexibility index (Phi) is 20.6. The van der Waals surface area contributed by atoms with Gasteiger partial charge in [0, 0.05) is 0 Å². The maximum absolute atomic E-state index is 3.06. The van der Waals surface area contributed by atoms with Crippen LogP contribution in [0.4, 0.5) is 0 Å². The molecule has 0 amide bonds. The Morgan fingerprint density at radius 3 is 1.15 bits per heavy atom. The van der Waals surface area contributed by atoms with Crippen molar-refractivity contribution >= 4 is 53.2 Å². The van der Waals surface area contributed by atoms with Crippen molar-refractivity contribution in [2.75, 3.05) is 0 Å². The Balaban J connectivity index is 0.000000373. The third kappa shape index (κ3) is 12.1. The zero-order valence-electron chi connectivity index (χ0n) is 38.7. The van der Waals surface area contributed by atoms with E-state index < -0.39 is 0 Å². The van der Waals surface area contributed by atoms with Crippen molar-refractivity contribution in [2.45, 2.75) is 143 Å². The van der Waals surface area contributed by atoms with Crippen molar-refractivity contribution in [3.8, 4) is 22.3 Å². The Morgan fingerprint density at radius 2 is 0.850 bits per heavy atom. The first-order valence-electron chi connectivity index (χ1n) is 21.7. The van der Waals surface area contributed by atoms with E-state index in [1.165, 1.54) is 155 Å². The molecule has 8 rings (SSSR count). The normalized spacial score (nSPS) is 14.8. The molecule has 0 bridgehead atoms. The monoisotopic (exact) mass is 934 g/mol. The molecule has 2 saturated carbocycles. The van der Waals surface area contributed by atoms with Gasteiger partial charge in [0.2, 0.25) is 0 Å². The topological polar surface area (TPSA) is 0 Å². The van der Waals surface area contributed by atoms with Gasteiger partial charge in [-0.25, -0.2) is 0 Å². The zero-order chi connectivity index (χ0) is 40.1. The molecule has 0 nitrogen and oxygen atoms in total. The van der Waals surface area contributed by atoms with Crippen LogP contribution < -0.4 is 0 Å². The van der Waals surface area contributed by atoms with Crippen LogP contribution in [0.25, 0.3) is 43.8 Å². The molecule has 6 aromatic rings. The summed E-state index contributed by atoms with van der Waals surface area (Å²) in [6, 6.07) is 41.4. The zero-order valence-corrected chi connectivity index (χ0v) is 43.8. The summed E-state index contributed by atoms with van der Waals surface area (Å²) < 4.78 is 0. The molecule has 0 N–H and O–H groups in total. The van der Waals surface area contributed by atoms with Crippen LogP contribution >= 0.6 is 24.8 Å². The summed E-state index contributed by atoms with van der Waals surface area (Å²) in [6.45, 7) is 21.6. The van der Waals surface area contributed by atoms with Crippen LogP contribution in [0.1, 0.15) is 142 Å². The maximum atomic E-state index is 3.06. The first kappa shape index (κ1) is 53.9. The van der Waals surface area contributed by atoms with Crippen molar-refractivity contribution < 1.29 is 23.3 Å². The molecule has 0 unspecified atom stereocenters. The summed E-state index contributed by atoms with van der Waals surface area (Å²) in [6.07, 6.45) is 16.4. The number of hydrogen-bond donors (Lipinski definition) is 0. The second kappa shape index (κ2) is 22.9. The molecule has 2 fully saturated rings. The molecular formula is C56H74Cl2SiZr-4. The molecule has 2 radical (unpaired) electrons. The van der Waals surface area contributed by atoms with Gasteiger partial charge in [-0.1, -0.05) is 153 Å². The number of fused-ring (bicyclic) bond motifs is 2. The Labute approximate surface area is 396 Å². The molecule has 324 valence electrons. The molecule has 60 heavy (non-hydrogen) atoms. The molecule has 4 heteroatoms. The quantitative estimate of drug-likeness (QED) is 0.0948. The summed E-state index contributed by atoms with van der Waals surface area (Å²) in [5.41, 5.74) is 13.0. The first-order valence-corrected chi connectivity index (χ1v) is 25.8. The third-order valence-corrected chi connectivity index (χ3v) is 13.2.